The van der Waals surface area contributed by atoms with Crippen molar-refractivity contribution < 1.29 is 29.3 Å². The number of aromatic hydroxyl groups is 2. The molecule has 0 saturated carbocycles. The lowest BCUT2D eigenvalue weighted by Gasteiger charge is -2.08. The van der Waals surface area contributed by atoms with Crippen molar-refractivity contribution in [2.75, 3.05) is 14.2 Å². The van der Waals surface area contributed by atoms with Crippen LogP contribution in [0.25, 0.3) is 12.2 Å². The van der Waals surface area contributed by atoms with Gasteiger partial charge in [-0.05, 0) is 89.4 Å². The fourth-order valence-corrected chi connectivity index (χ4v) is 3.97. The summed E-state index contributed by atoms with van der Waals surface area (Å²) in [6, 6.07) is 24.2. The Hall–Kier alpha value is -5.10. The van der Waals surface area contributed by atoms with Crippen LogP contribution in [0.4, 0.5) is 0 Å². The molecular weight excluding hydrogens is 492 g/mol. The average molecular weight is 521 g/mol. The van der Waals surface area contributed by atoms with E-state index in [1.807, 2.05) is 24.3 Å². The van der Waals surface area contributed by atoms with Gasteiger partial charge in [0.15, 0.2) is 11.6 Å². The summed E-state index contributed by atoms with van der Waals surface area (Å²) in [7, 11) is 3.17. The van der Waals surface area contributed by atoms with Gasteiger partial charge in [0.05, 0.1) is 25.3 Å². The smallest absolute Gasteiger partial charge is 0.189 e. The summed E-state index contributed by atoms with van der Waals surface area (Å²) in [5.41, 5.74) is 3.53. The van der Waals surface area contributed by atoms with Gasteiger partial charge in [0.25, 0.3) is 0 Å². The normalized spacial score (nSPS) is 11.1. The second-order valence-electron chi connectivity index (χ2n) is 8.82. The zero-order valence-electron chi connectivity index (χ0n) is 21.6. The zero-order chi connectivity index (χ0) is 27.8. The van der Waals surface area contributed by atoms with Crippen molar-refractivity contribution in [2.24, 2.45) is 0 Å². The number of allylic oxidation sites excluding steroid dienone is 2. The molecule has 0 bridgehead atoms. The number of phenols is 2. The summed E-state index contributed by atoms with van der Waals surface area (Å²) in [5, 5.41) is 20.6. The Labute approximate surface area is 227 Å². The van der Waals surface area contributed by atoms with E-state index < -0.39 is 0 Å². The Morgan fingerprint density at radius 3 is 1.36 bits per heavy atom. The van der Waals surface area contributed by atoms with E-state index in [2.05, 4.69) is 0 Å². The molecule has 6 nitrogen and oxygen atoms in total. The number of methoxy groups -OCH3 is 2. The van der Waals surface area contributed by atoms with Crippen LogP contribution in [0.1, 0.15) is 43.0 Å². The number of carbonyl (C=O) groups is 2. The molecule has 0 radical (unpaired) electrons. The monoisotopic (exact) mass is 520 g/mol. The summed E-state index contributed by atoms with van der Waals surface area (Å²) >= 11 is 0. The summed E-state index contributed by atoms with van der Waals surface area (Å²) in [6.45, 7) is 0. The number of carbonyl (C=O) groups excluding carboxylic acids is 2. The summed E-state index contributed by atoms with van der Waals surface area (Å²) in [5.74, 6) is 0.528. The van der Waals surface area contributed by atoms with Gasteiger partial charge in [0.1, 0.15) is 23.0 Å². The van der Waals surface area contributed by atoms with Gasteiger partial charge < -0.3 is 19.7 Å². The molecule has 6 heteroatoms. The predicted octanol–water partition coefficient (Wildman–Crippen LogP) is 6.50. The fourth-order valence-electron chi connectivity index (χ4n) is 3.97. The molecule has 0 saturated heterocycles. The maximum absolute atomic E-state index is 12.8. The molecule has 0 aliphatic heterocycles. The third-order valence-corrected chi connectivity index (χ3v) is 6.15. The van der Waals surface area contributed by atoms with Crippen LogP contribution in [0.2, 0.25) is 0 Å². The highest BCUT2D eigenvalue weighted by Gasteiger charge is 2.13. The van der Waals surface area contributed by atoms with E-state index in [-0.39, 0.29) is 34.2 Å². The number of hydrogen-bond donors (Lipinski definition) is 2. The standard InChI is InChI=1S/C33H28O6/c1-38-26-11-3-22(4-12-26)7-15-30(34)28-20-24(9-17-32(28)36)19-25-10-18-33(37)29(21-25)31(35)16-8-23-5-13-27(39-2)14-6-23/h3-18,20-21,36-37H,19H2,1-2H3/b15-7+,16-8+. The van der Waals surface area contributed by atoms with E-state index in [1.54, 1.807) is 74.9 Å². The minimum absolute atomic E-state index is 0.117. The molecule has 4 aromatic rings. The second-order valence-corrected chi connectivity index (χ2v) is 8.82. The van der Waals surface area contributed by atoms with Crippen molar-refractivity contribution in [3.63, 3.8) is 0 Å². The lowest BCUT2D eigenvalue weighted by Crippen LogP contribution is -2.00. The minimum Gasteiger partial charge on any atom is -0.507 e. The number of rotatable bonds is 10. The van der Waals surface area contributed by atoms with Gasteiger partial charge in [-0.2, -0.15) is 0 Å². The van der Waals surface area contributed by atoms with Gasteiger partial charge in [0.2, 0.25) is 0 Å². The van der Waals surface area contributed by atoms with Crippen molar-refractivity contribution in [3.05, 3.63) is 130 Å². The van der Waals surface area contributed by atoms with E-state index in [9.17, 15) is 19.8 Å². The first-order chi connectivity index (χ1) is 18.9. The summed E-state index contributed by atoms with van der Waals surface area (Å²) in [4.78, 5) is 25.6. The molecule has 0 atom stereocenters. The topological polar surface area (TPSA) is 93.1 Å². The van der Waals surface area contributed by atoms with Crippen LogP contribution in [0.15, 0.2) is 97.1 Å². The van der Waals surface area contributed by atoms with E-state index in [4.69, 9.17) is 9.47 Å². The lowest BCUT2D eigenvalue weighted by atomic mass is 9.97. The first-order valence-electron chi connectivity index (χ1n) is 12.2. The maximum Gasteiger partial charge on any atom is 0.189 e. The van der Waals surface area contributed by atoms with Crippen LogP contribution >= 0.6 is 0 Å². The number of ketones is 2. The fraction of sp³-hybridized carbons (Fsp3) is 0.0909. The molecule has 0 aromatic heterocycles. The predicted molar refractivity (Wildman–Crippen MR) is 152 cm³/mol. The number of hydrogen-bond acceptors (Lipinski definition) is 6. The molecule has 0 fully saturated rings. The van der Waals surface area contributed by atoms with Gasteiger partial charge in [-0.15, -0.1) is 0 Å². The lowest BCUT2D eigenvalue weighted by molar-refractivity contribution is 0.103. The summed E-state index contributed by atoms with van der Waals surface area (Å²) < 4.78 is 10.3. The Kier molecular flexibility index (Phi) is 8.59. The number of ether oxygens (including phenoxy) is 2. The van der Waals surface area contributed by atoms with Crippen LogP contribution in [-0.4, -0.2) is 36.0 Å². The third kappa shape index (κ3) is 7.02. The quantitative estimate of drug-likeness (QED) is 0.183. The highest BCUT2D eigenvalue weighted by molar-refractivity contribution is 6.09. The Bertz CT molecular complexity index is 1410. The highest BCUT2D eigenvalue weighted by atomic mass is 16.5. The Morgan fingerprint density at radius 2 is 1.00 bits per heavy atom. The third-order valence-electron chi connectivity index (χ3n) is 6.15. The van der Waals surface area contributed by atoms with Crippen molar-refractivity contribution in [1.82, 2.24) is 0 Å². The van der Waals surface area contributed by atoms with Crippen LogP contribution in [0, 0.1) is 0 Å². The molecule has 39 heavy (non-hydrogen) atoms. The SMILES string of the molecule is COc1ccc(/C=C/C(=O)c2cc(Cc3ccc(O)c(C(=O)/C=C/c4ccc(OC)cc4)c3)ccc2O)cc1. The Balaban J connectivity index is 1.49. The molecule has 196 valence electrons. The van der Waals surface area contributed by atoms with E-state index >= 15 is 0 Å². The zero-order valence-corrected chi connectivity index (χ0v) is 21.6. The first-order valence-corrected chi connectivity index (χ1v) is 12.2. The highest BCUT2D eigenvalue weighted by Crippen LogP contribution is 2.25. The van der Waals surface area contributed by atoms with Gasteiger partial charge in [-0.3, -0.25) is 9.59 Å². The van der Waals surface area contributed by atoms with E-state index in [0.717, 1.165) is 33.8 Å². The van der Waals surface area contributed by atoms with Crippen LogP contribution in [0.3, 0.4) is 0 Å². The molecule has 0 amide bonds. The molecule has 0 spiro atoms. The molecule has 4 rings (SSSR count). The molecule has 2 N–H and O–H groups in total. The number of phenolic OH excluding ortho intramolecular Hbond substituents is 2. The van der Waals surface area contributed by atoms with Gasteiger partial charge >= 0.3 is 0 Å². The minimum atomic E-state index is -0.338. The molecule has 0 aliphatic rings. The summed E-state index contributed by atoms with van der Waals surface area (Å²) in [6.07, 6.45) is 6.56. The average Bonchev–Trinajstić information content (AvgIpc) is 2.97. The Morgan fingerprint density at radius 1 is 0.615 bits per heavy atom. The maximum atomic E-state index is 12.8. The molecule has 0 aliphatic carbocycles. The van der Waals surface area contributed by atoms with Crippen LogP contribution in [-0.2, 0) is 6.42 Å². The van der Waals surface area contributed by atoms with Gasteiger partial charge in [0, 0.05) is 0 Å². The van der Waals surface area contributed by atoms with Crippen molar-refractivity contribution in [1.29, 1.82) is 0 Å². The van der Waals surface area contributed by atoms with E-state index in [1.165, 1.54) is 24.3 Å². The van der Waals surface area contributed by atoms with Crippen molar-refractivity contribution in [3.8, 4) is 23.0 Å². The van der Waals surface area contributed by atoms with E-state index in [0.29, 0.717) is 6.42 Å². The largest absolute Gasteiger partial charge is 0.507 e. The second kappa shape index (κ2) is 12.4. The number of benzene rings is 4. The molecule has 4 aromatic carbocycles. The van der Waals surface area contributed by atoms with Crippen molar-refractivity contribution >= 4 is 23.7 Å². The van der Waals surface area contributed by atoms with Crippen LogP contribution < -0.4 is 9.47 Å². The van der Waals surface area contributed by atoms with Gasteiger partial charge in [-0.1, -0.05) is 48.6 Å². The molecular formula is C33H28O6. The van der Waals surface area contributed by atoms with Crippen molar-refractivity contribution in [2.45, 2.75) is 6.42 Å². The molecule has 0 heterocycles. The van der Waals surface area contributed by atoms with Gasteiger partial charge in [-0.25, -0.2) is 0 Å². The van der Waals surface area contributed by atoms with Crippen LogP contribution in [0.5, 0.6) is 23.0 Å². The molecule has 0 unspecified atom stereocenters. The first kappa shape index (κ1) is 26.9.